The summed E-state index contributed by atoms with van der Waals surface area (Å²) in [6.07, 6.45) is 11.7. The van der Waals surface area contributed by atoms with Crippen molar-refractivity contribution in [1.29, 1.82) is 0 Å². The van der Waals surface area contributed by atoms with Crippen molar-refractivity contribution in [3.63, 3.8) is 0 Å². The van der Waals surface area contributed by atoms with Gasteiger partial charge in [0.1, 0.15) is 0 Å². The van der Waals surface area contributed by atoms with E-state index in [1.54, 1.807) is 0 Å². The molecule has 7 atom stereocenters. The normalized spacial score (nSPS) is 54.1. The Kier molecular flexibility index (Phi) is 3.40. The maximum absolute atomic E-state index is 11.8. The third-order valence-corrected chi connectivity index (χ3v) is 8.78. The number of fused-ring (bicyclic) bond motifs is 5. The van der Waals surface area contributed by atoms with Gasteiger partial charge in [-0.2, -0.15) is 0 Å². The Morgan fingerprint density at radius 2 is 1.77 bits per heavy atom. The van der Waals surface area contributed by atoms with Gasteiger partial charge >= 0.3 is 0 Å². The van der Waals surface area contributed by atoms with E-state index in [0.29, 0.717) is 22.8 Å². The minimum Gasteiger partial charge on any atom is -0.353 e. The van der Waals surface area contributed by atoms with Crippen LogP contribution in [-0.4, -0.2) is 11.9 Å². The van der Waals surface area contributed by atoms with Crippen LogP contribution in [0.3, 0.4) is 0 Å². The first-order valence-corrected chi connectivity index (χ1v) is 9.78. The van der Waals surface area contributed by atoms with Crippen LogP contribution in [0.2, 0.25) is 0 Å². The highest BCUT2D eigenvalue weighted by Crippen LogP contribution is 2.65. The maximum atomic E-state index is 11.8. The largest absolute Gasteiger partial charge is 0.353 e. The second kappa shape index (κ2) is 4.98. The highest BCUT2D eigenvalue weighted by Gasteiger charge is 2.59. The van der Waals surface area contributed by atoms with Crippen molar-refractivity contribution < 1.29 is 4.79 Å². The number of piperidine rings is 1. The van der Waals surface area contributed by atoms with E-state index in [-0.39, 0.29) is 0 Å². The molecular weight excluding hydrogens is 270 g/mol. The molecule has 4 aliphatic rings. The minimum absolute atomic E-state index is 0.300. The van der Waals surface area contributed by atoms with Gasteiger partial charge in [0.05, 0.1) is 0 Å². The summed E-state index contributed by atoms with van der Waals surface area (Å²) in [6, 6.07) is 0.461. The molecule has 4 fully saturated rings. The molecule has 3 aliphatic carbocycles. The zero-order chi connectivity index (χ0) is 15.5. The number of hydrogen-bond acceptors (Lipinski definition) is 1. The summed E-state index contributed by atoms with van der Waals surface area (Å²) in [4.78, 5) is 11.8. The molecular formula is C20H33NO. The second-order valence-corrected chi connectivity index (χ2v) is 9.31. The van der Waals surface area contributed by atoms with E-state index < -0.39 is 0 Å². The third kappa shape index (κ3) is 1.88. The summed E-state index contributed by atoms with van der Waals surface area (Å²) in [5.74, 6) is 4.03. The van der Waals surface area contributed by atoms with E-state index in [2.05, 4.69) is 26.1 Å². The molecule has 22 heavy (non-hydrogen) atoms. The number of hydrogen-bond donors (Lipinski definition) is 1. The fraction of sp³-hybridized carbons (Fsp3) is 0.950. The van der Waals surface area contributed by atoms with Crippen molar-refractivity contribution in [2.75, 3.05) is 0 Å². The Balaban J connectivity index is 1.62. The van der Waals surface area contributed by atoms with Gasteiger partial charge in [0, 0.05) is 12.5 Å². The molecule has 1 unspecified atom stereocenters. The van der Waals surface area contributed by atoms with Crippen LogP contribution in [0.15, 0.2) is 0 Å². The number of carbonyl (C=O) groups is 1. The molecule has 1 saturated heterocycles. The minimum atomic E-state index is 0.300. The predicted molar refractivity (Wildman–Crippen MR) is 89.3 cm³/mol. The van der Waals surface area contributed by atoms with E-state index in [0.717, 1.165) is 36.5 Å². The Morgan fingerprint density at radius 1 is 1.00 bits per heavy atom. The summed E-state index contributed by atoms with van der Waals surface area (Å²) in [7, 11) is 0. The molecule has 0 aromatic rings. The van der Waals surface area contributed by atoms with E-state index in [4.69, 9.17) is 0 Å². The van der Waals surface area contributed by atoms with Gasteiger partial charge in [-0.15, -0.1) is 0 Å². The second-order valence-electron chi connectivity index (χ2n) is 9.31. The smallest absolute Gasteiger partial charge is 0.220 e. The van der Waals surface area contributed by atoms with Gasteiger partial charge in [0.15, 0.2) is 0 Å². The average molecular weight is 303 g/mol. The number of carbonyl (C=O) groups excluding carboxylic acids is 1. The summed E-state index contributed by atoms with van der Waals surface area (Å²) >= 11 is 0. The molecule has 0 radical (unpaired) electrons. The van der Waals surface area contributed by atoms with Crippen molar-refractivity contribution in [2.24, 2.45) is 34.5 Å². The summed E-state index contributed by atoms with van der Waals surface area (Å²) in [5, 5.41) is 3.34. The zero-order valence-electron chi connectivity index (χ0n) is 14.7. The van der Waals surface area contributed by atoms with Crippen molar-refractivity contribution >= 4 is 5.91 Å². The molecule has 0 aromatic heterocycles. The summed E-state index contributed by atoms with van der Waals surface area (Å²) in [6.45, 7) is 7.52. The van der Waals surface area contributed by atoms with Gasteiger partial charge in [-0.05, 0) is 79.4 Å². The average Bonchev–Trinajstić information content (AvgIpc) is 2.84. The van der Waals surface area contributed by atoms with Crippen LogP contribution in [-0.2, 0) is 4.79 Å². The predicted octanol–water partition coefficient (Wildman–Crippen LogP) is 4.53. The first kappa shape index (κ1) is 15.0. The van der Waals surface area contributed by atoms with Gasteiger partial charge in [-0.1, -0.05) is 27.2 Å². The lowest BCUT2D eigenvalue weighted by Gasteiger charge is -2.60. The van der Waals surface area contributed by atoms with Crippen molar-refractivity contribution in [3.8, 4) is 0 Å². The molecule has 124 valence electrons. The molecule has 1 aliphatic heterocycles. The fourth-order valence-electron chi connectivity index (χ4n) is 7.48. The van der Waals surface area contributed by atoms with Crippen LogP contribution in [0.5, 0.6) is 0 Å². The SMILES string of the molecule is CC[C@@H]1CC[C@H]2[C@@H]3CCC4NC(=O)CC[C@]4(C)[C@H]3CC[C@]12C. The monoisotopic (exact) mass is 303 g/mol. The maximum Gasteiger partial charge on any atom is 0.220 e. The van der Waals surface area contributed by atoms with Crippen LogP contribution in [0.4, 0.5) is 0 Å². The topological polar surface area (TPSA) is 29.1 Å². The van der Waals surface area contributed by atoms with Gasteiger partial charge in [0.25, 0.3) is 0 Å². The van der Waals surface area contributed by atoms with Crippen molar-refractivity contribution in [3.05, 3.63) is 0 Å². The van der Waals surface area contributed by atoms with Crippen molar-refractivity contribution in [2.45, 2.75) is 84.6 Å². The molecule has 1 amide bonds. The molecule has 0 spiro atoms. The van der Waals surface area contributed by atoms with Crippen molar-refractivity contribution in [1.82, 2.24) is 5.32 Å². The molecule has 4 rings (SSSR count). The van der Waals surface area contributed by atoms with Crippen LogP contribution in [0, 0.1) is 34.5 Å². The Bertz CT molecular complexity index is 474. The van der Waals surface area contributed by atoms with E-state index in [1.807, 2.05) is 0 Å². The number of nitrogens with one attached hydrogen (secondary N) is 1. The number of amides is 1. The molecule has 3 saturated carbocycles. The highest BCUT2D eigenvalue weighted by atomic mass is 16.1. The quantitative estimate of drug-likeness (QED) is 0.757. The first-order valence-electron chi connectivity index (χ1n) is 9.78. The Labute approximate surface area is 135 Å². The summed E-state index contributed by atoms with van der Waals surface area (Å²) in [5.41, 5.74) is 0.999. The molecule has 0 aromatic carbocycles. The molecule has 2 heteroatoms. The lowest BCUT2D eigenvalue weighted by atomic mass is 9.47. The van der Waals surface area contributed by atoms with Crippen LogP contribution < -0.4 is 5.32 Å². The van der Waals surface area contributed by atoms with Crippen LogP contribution in [0.25, 0.3) is 0 Å². The lowest BCUT2D eigenvalue weighted by molar-refractivity contribution is -0.136. The van der Waals surface area contributed by atoms with Gasteiger partial charge in [-0.25, -0.2) is 0 Å². The van der Waals surface area contributed by atoms with Crippen LogP contribution in [0.1, 0.15) is 78.6 Å². The van der Waals surface area contributed by atoms with Gasteiger partial charge < -0.3 is 5.32 Å². The molecule has 1 heterocycles. The molecule has 1 N–H and O–H groups in total. The molecule has 0 bridgehead atoms. The van der Waals surface area contributed by atoms with Crippen LogP contribution >= 0.6 is 0 Å². The van der Waals surface area contributed by atoms with E-state index in [1.165, 1.54) is 44.9 Å². The van der Waals surface area contributed by atoms with Gasteiger partial charge in [-0.3, -0.25) is 4.79 Å². The molecule has 2 nitrogen and oxygen atoms in total. The van der Waals surface area contributed by atoms with E-state index in [9.17, 15) is 4.79 Å². The zero-order valence-corrected chi connectivity index (χ0v) is 14.7. The first-order chi connectivity index (χ1) is 10.5. The highest BCUT2D eigenvalue weighted by molar-refractivity contribution is 5.77. The third-order valence-electron chi connectivity index (χ3n) is 8.78. The Morgan fingerprint density at radius 3 is 2.55 bits per heavy atom. The summed E-state index contributed by atoms with van der Waals surface area (Å²) < 4.78 is 0. The van der Waals surface area contributed by atoms with E-state index >= 15 is 0 Å². The lowest BCUT2D eigenvalue weighted by Crippen LogP contribution is -2.61. The standard InChI is InChI=1S/C20H33NO/c1-4-13-5-7-15-14-6-8-17-20(3,12-10-18(22)21-17)16(14)9-11-19(13,15)2/h13-17H,4-12H2,1-3H3,(H,21,22)/t13-,14+,15+,16+,17?,19-,20-/m1/s1. The Hall–Kier alpha value is -0.530. The number of rotatable bonds is 1. The van der Waals surface area contributed by atoms with Gasteiger partial charge in [0.2, 0.25) is 5.91 Å². The fourth-order valence-corrected chi connectivity index (χ4v) is 7.48.